The van der Waals surface area contributed by atoms with Gasteiger partial charge in [0.05, 0.1) is 0 Å². The van der Waals surface area contributed by atoms with Crippen LogP contribution in [0.3, 0.4) is 0 Å². The standard InChI is InChI=1S/C12H26N4O2/c1-2-3-12(17)18-16-10-8-14-6-4-13-5-7-15-9-11-16/h13-15H,2-11H2,1H3. The van der Waals surface area contributed by atoms with E-state index >= 15 is 0 Å². The zero-order chi connectivity index (χ0) is 13.1. The average molecular weight is 258 g/mol. The van der Waals surface area contributed by atoms with E-state index in [4.69, 9.17) is 4.84 Å². The minimum Gasteiger partial charge on any atom is -0.368 e. The summed E-state index contributed by atoms with van der Waals surface area (Å²) in [7, 11) is 0. The second-order valence-electron chi connectivity index (χ2n) is 4.39. The van der Waals surface area contributed by atoms with E-state index in [0.29, 0.717) is 6.42 Å². The van der Waals surface area contributed by atoms with E-state index in [1.807, 2.05) is 6.92 Å². The normalized spacial score (nSPS) is 20.7. The Balaban J connectivity index is 2.29. The van der Waals surface area contributed by atoms with Gasteiger partial charge in [-0.15, -0.1) is 5.06 Å². The molecule has 1 aliphatic heterocycles. The van der Waals surface area contributed by atoms with Crippen LogP contribution in [0.4, 0.5) is 0 Å². The summed E-state index contributed by atoms with van der Waals surface area (Å²) in [5.41, 5.74) is 0. The topological polar surface area (TPSA) is 65.6 Å². The molecule has 6 nitrogen and oxygen atoms in total. The third-order valence-electron chi connectivity index (χ3n) is 2.72. The van der Waals surface area contributed by atoms with E-state index in [0.717, 1.165) is 58.8 Å². The van der Waals surface area contributed by atoms with Crippen molar-refractivity contribution in [2.45, 2.75) is 19.8 Å². The molecule has 0 saturated carbocycles. The van der Waals surface area contributed by atoms with Gasteiger partial charge in [-0.05, 0) is 6.42 Å². The maximum atomic E-state index is 11.5. The van der Waals surface area contributed by atoms with Crippen molar-refractivity contribution >= 4 is 5.97 Å². The molecule has 6 heteroatoms. The largest absolute Gasteiger partial charge is 0.368 e. The summed E-state index contributed by atoms with van der Waals surface area (Å²) in [5.74, 6) is -0.133. The Morgan fingerprint density at radius 1 is 1.00 bits per heavy atom. The van der Waals surface area contributed by atoms with E-state index in [2.05, 4.69) is 16.0 Å². The zero-order valence-corrected chi connectivity index (χ0v) is 11.3. The quantitative estimate of drug-likeness (QED) is 0.624. The van der Waals surface area contributed by atoms with Gasteiger partial charge in [0, 0.05) is 58.8 Å². The molecule has 0 unspecified atom stereocenters. The average Bonchev–Trinajstić information content (AvgIpc) is 2.33. The molecule has 1 aliphatic rings. The fourth-order valence-electron chi connectivity index (χ4n) is 1.73. The van der Waals surface area contributed by atoms with Crippen LogP contribution in [0.15, 0.2) is 0 Å². The number of nitrogens with zero attached hydrogens (tertiary/aromatic N) is 1. The lowest BCUT2D eigenvalue weighted by Gasteiger charge is -2.22. The maximum Gasteiger partial charge on any atom is 0.325 e. The molecule has 1 heterocycles. The summed E-state index contributed by atoms with van der Waals surface area (Å²) in [6.45, 7) is 8.94. The minimum atomic E-state index is -0.133. The molecule has 0 atom stereocenters. The molecule has 3 N–H and O–H groups in total. The van der Waals surface area contributed by atoms with Gasteiger partial charge in [-0.25, -0.2) is 0 Å². The van der Waals surface area contributed by atoms with Crippen LogP contribution >= 0.6 is 0 Å². The van der Waals surface area contributed by atoms with Gasteiger partial charge in [0.2, 0.25) is 0 Å². The molecule has 18 heavy (non-hydrogen) atoms. The second-order valence-corrected chi connectivity index (χ2v) is 4.39. The van der Waals surface area contributed by atoms with Crippen LogP contribution in [0, 0.1) is 0 Å². The molecule has 0 aromatic heterocycles. The van der Waals surface area contributed by atoms with Crippen LogP contribution in [0.2, 0.25) is 0 Å². The van der Waals surface area contributed by atoms with Crippen LogP contribution < -0.4 is 16.0 Å². The summed E-state index contributed by atoms with van der Waals surface area (Å²) < 4.78 is 0. The van der Waals surface area contributed by atoms with Gasteiger partial charge in [-0.2, -0.15) is 0 Å². The van der Waals surface area contributed by atoms with Crippen molar-refractivity contribution in [1.82, 2.24) is 21.0 Å². The van der Waals surface area contributed by atoms with Crippen molar-refractivity contribution in [2.75, 3.05) is 52.4 Å². The Kier molecular flexibility index (Phi) is 8.75. The molecule has 106 valence electrons. The number of hydroxylamine groups is 2. The van der Waals surface area contributed by atoms with Crippen LogP contribution in [-0.4, -0.2) is 63.4 Å². The third-order valence-corrected chi connectivity index (χ3v) is 2.72. The van der Waals surface area contributed by atoms with Gasteiger partial charge in [0.1, 0.15) is 0 Å². The Bertz CT molecular complexity index is 214. The Labute approximate surface area is 109 Å². The number of hydrogen-bond donors (Lipinski definition) is 3. The van der Waals surface area contributed by atoms with Crippen molar-refractivity contribution in [3.63, 3.8) is 0 Å². The van der Waals surface area contributed by atoms with E-state index in [9.17, 15) is 4.79 Å². The predicted octanol–water partition coefficient (Wildman–Crippen LogP) is -0.671. The van der Waals surface area contributed by atoms with Gasteiger partial charge in [-0.1, -0.05) is 6.92 Å². The number of carbonyl (C=O) groups excluding carboxylic acids is 1. The SMILES string of the molecule is CCCC(=O)ON1CCNCCNCCNCC1. The zero-order valence-electron chi connectivity index (χ0n) is 11.3. The third kappa shape index (κ3) is 7.60. The first-order valence-corrected chi connectivity index (χ1v) is 6.91. The fourth-order valence-corrected chi connectivity index (χ4v) is 1.73. The van der Waals surface area contributed by atoms with Crippen LogP contribution in [-0.2, 0) is 9.63 Å². The first-order chi connectivity index (χ1) is 8.83. The summed E-state index contributed by atoms with van der Waals surface area (Å²) in [6, 6.07) is 0. The van der Waals surface area contributed by atoms with Gasteiger partial charge in [-0.3, -0.25) is 4.79 Å². The highest BCUT2D eigenvalue weighted by atomic mass is 16.7. The van der Waals surface area contributed by atoms with E-state index in [1.54, 1.807) is 5.06 Å². The van der Waals surface area contributed by atoms with Crippen molar-refractivity contribution in [2.24, 2.45) is 0 Å². The minimum absolute atomic E-state index is 0.133. The van der Waals surface area contributed by atoms with Crippen LogP contribution in [0.1, 0.15) is 19.8 Å². The number of hydrogen-bond acceptors (Lipinski definition) is 6. The smallest absolute Gasteiger partial charge is 0.325 e. The monoisotopic (exact) mass is 258 g/mol. The lowest BCUT2D eigenvalue weighted by atomic mass is 10.3. The molecule has 1 saturated heterocycles. The molecule has 1 fully saturated rings. The van der Waals surface area contributed by atoms with Gasteiger partial charge < -0.3 is 20.8 Å². The summed E-state index contributed by atoms with van der Waals surface area (Å²) in [4.78, 5) is 16.8. The number of nitrogens with one attached hydrogen (secondary N) is 3. The second kappa shape index (κ2) is 10.3. The Morgan fingerprint density at radius 3 is 2.00 bits per heavy atom. The lowest BCUT2D eigenvalue weighted by Crippen LogP contribution is -2.42. The number of rotatable bonds is 3. The fraction of sp³-hybridized carbons (Fsp3) is 0.917. The molecule has 0 aliphatic carbocycles. The Hall–Kier alpha value is -0.690. The lowest BCUT2D eigenvalue weighted by molar-refractivity contribution is -0.190. The Morgan fingerprint density at radius 2 is 1.50 bits per heavy atom. The van der Waals surface area contributed by atoms with E-state index in [-0.39, 0.29) is 5.97 Å². The first kappa shape index (κ1) is 15.4. The summed E-state index contributed by atoms with van der Waals surface area (Å²) >= 11 is 0. The van der Waals surface area contributed by atoms with Gasteiger partial charge in [0.25, 0.3) is 0 Å². The van der Waals surface area contributed by atoms with Crippen LogP contribution in [0.5, 0.6) is 0 Å². The molecule has 0 bridgehead atoms. The van der Waals surface area contributed by atoms with Crippen molar-refractivity contribution in [3.8, 4) is 0 Å². The van der Waals surface area contributed by atoms with Gasteiger partial charge >= 0.3 is 5.97 Å². The molecule has 0 aromatic carbocycles. The van der Waals surface area contributed by atoms with Crippen molar-refractivity contribution < 1.29 is 9.63 Å². The van der Waals surface area contributed by atoms with Crippen molar-refractivity contribution in [1.29, 1.82) is 0 Å². The molecular formula is C12H26N4O2. The molecule has 1 rings (SSSR count). The number of carbonyl (C=O) groups is 1. The molecule has 0 aromatic rings. The van der Waals surface area contributed by atoms with Crippen LogP contribution in [0.25, 0.3) is 0 Å². The molecular weight excluding hydrogens is 232 g/mol. The van der Waals surface area contributed by atoms with E-state index in [1.165, 1.54) is 0 Å². The predicted molar refractivity (Wildman–Crippen MR) is 71.2 cm³/mol. The van der Waals surface area contributed by atoms with Crippen molar-refractivity contribution in [3.05, 3.63) is 0 Å². The first-order valence-electron chi connectivity index (χ1n) is 6.91. The highest BCUT2D eigenvalue weighted by Crippen LogP contribution is 1.96. The molecule has 0 amide bonds. The highest BCUT2D eigenvalue weighted by molar-refractivity contribution is 5.68. The summed E-state index contributed by atoms with van der Waals surface area (Å²) in [6.07, 6.45) is 1.32. The van der Waals surface area contributed by atoms with E-state index < -0.39 is 0 Å². The maximum absolute atomic E-state index is 11.5. The highest BCUT2D eigenvalue weighted by Gasteiger charge is 2.10. The molecule has 0 spiro atoms. The van der Waals surface area contributed by atoms with Gasteiger partial charge in [0.15, 0.2) is 0 Å². The molecule has 0 radical (unpaired) electrons. The summed E-state index contributed by atoms with van der Waals surface area (Å²) in [5, 5.41) is 11.7.